The number of benzene rings is 1. The molecular weight excluding hydrogens is 305 g/mol. The molecule has 19 heavy (non-hydrogen) atoms. The Morgan fingerprint density at radius 3 is 2.37 bits per heavy atom. The Morgan fingerprint density at radius 2 is 1.84 bits per heavy atom. The van der Waals surface area contributed by atoms with Crippen LogP contribution in [0.25, 0.3) is 5.57 Å². The van der Waals surface area contributed by atoms with E-state index in [-0.39, 0.29) is 38.1 Å². The fourth-order valence-electron chi connectivity index (χ4n) is 2.70. The summed E-state index contributed by atoms with van der Waals surface area (Å²) in [7, 11) is 0. The molecule has 0 amide bonds. The number of hydrogen-bond donors (Lipinski definition) is 0. The van der Waals surface area contributed by atoms with E-state index < -0.39 is 0 Å². The minimum Gasteiger partial charge on any atom is -0.319 e. The van der Waals surface area contributed by atoms with Gasteiger partial charge < -0.3 is 11.6 Å². The first kappa shape index (κ1) is 17.1. The van der Waals surface area contributed by atoms with Crippen LogP contribution in [0.1, 0.15) is 58.4 Å². The molecule has 1 radical (unpaired) electrons. The molecule has 0 nitrogen and oxygen atoms in total. The van der Waals surface area contributed by atoms with Gasteiger partial charge >= 0.3 is 0 Å². The summed E-state index contributed by atoms with van der Waals surface area (Å²) in [6.45, 7) is 6.83. The summed E-state index contributed by atoms with van der Waals surface area (Å²) in [6.07, 6.45) is 10.6. The van der Waals surface area contributed by atoms with Crippen molar-refractivity contribution in [2.45, 2.75) is 52.9 Å². The van der Waals surface area contributed by atoms with Gasteiger partial charge in [-0.25, -0.2) is 12.1 Å². The Morgan fingerprint density at radius 1 is 1.16 bits per heavy atom. The quantitative estimate of drug-likeness (QED) is 0.646. The molecule has 1 saturated carbocycles. The van der Waals surface area contributed by atoms with Crippen molar-refractivity contribution in [2.75, 3.05) is 0 Å². The molecule has 1 aromatic rings. The van der Waals surface area contributed by atoms with E-state index in [9.17, 15) is 0 Å². The first-order chi connectivity index (χ1) is 8.57. The normalized spacial score (nSPS) is 17.9. The van der Waals surface area contributed by atoms with Gasteiger partial charge in [-0.2, -0.15) is 12.1 Å². The Bertz CT molecular complexity index is 391. The van der Waals surface area contributed by atoms with Gasteiger partial charge in [0.25, 0.3) is 0 Å². The van der Waals surface area contributed by atoms with Crippen molar-refractivity contribution in [3.8, 4) is 0 Å². The molecule has 1 aliphatic rings. The minimum absolute atomic E-state index is 0. The predicted molar refractivity (Wildman–Crippen MR) is 78.0 cm³/mol. The molecule has 1 aromatic carbocycles. The molecule has 0 bridgehead atoms. The molecular formula is C18H24Y-2. The molecule has 1 heteroatoms. The van der Waals surface area contributed by atoms with Gasteiger partial charge in [0.2, 0.25) is 0 Å². The molecule has 1 fully saturated rings. The Kier molecular flexibility index (Phi) is 6.98. The second-order valence-corrected chi connectivity index (χ2v) is 6.38. The maximum Gasteiger partial charge on any atom is 0 e. The van der Waals surface area contributed by atoms with Crippen LogP contribution < -0.4 is 0 Å². The zero-order valence-corrected chi connectivity index (χ0v) is 15.3. The van der Waals surface area contributed by atoms with Gasteiger partial charge in [0.05, 0.1) is 0 Å². The molecule has 0 aliphatic heterocycles. The van der Waals surface area contributed by atoms with Crippen molar-refractivity contribution in [3.05, 3.63) is 42.0 Å². The van der Waals surface area contributed by atoms with Crippen LogP contribution >= 0.6 is 0 Å². The van der Waals surface area contributed by atoms with Crippen molar-refractivity contribution in [1.82, 2.24) is 0 Å². The maximum atomic E-state index is 3.80. The first-order valence-electron chi connectivity index (χ1n) is 7.18. The van der Waals surface area contributed by atoms with E-state index in [2.05, 4.69) is 45.0 Å². The van der Waals surface area contributed by atoms with E-state index in [1.54, 1.807) is 0 Å². The topological polar surface area (TPSA) is 0 Å². The molecule has 101 valence electrons. The van der Waals surface area contributed by atoms with Crippen LogP contribution in [0, 0.1) is 23.5 Å². The predicted octanol–water partition coefficient (Wildman–Crippen LogP) is 5.30. The molecule has 0 atom stereocenters. The summed E-state index contributed by atoms with van der Waals surface area (Å²) in [5, 5.41) is 0. The summed E-state index contributed by atoms with van der Waals surface area (Å²) < 4.78 is 0. The first-order valence-corrected chi connectivity index (χ1v) is 7.18. The van der Waals surface area contributed by atoms with E-state index in [4.69, 9.17) is 0 Å². The fraction of sp³-hybridized carbons (Fsp3) is 0.556. The Labute approximate surface area is 143 Å². The van der Waals surface area contributed by atoms with Crippen molar-refractivity contribution in [3.63, 3.8) is 0 Å². The van der Waals surface area contributed by atoms with Crippen LogP contribution in [0.4, 0.5) is 0 Å². The molecule has 0 spiro atoms. The third kappa shape index (κ3) is 5.16. The van der Waals surface area contributed by atoms with Crippen molar-refractivity contribution in [1.29, 1.82) is 0 Å². The van der Waals surface area contributed by atoms with E-state index in [1.165, 1.54) is 43.2 Å². The molecule has 0 heterocycles. The van der Waals surface area contributed by atoms with Crippen LogP contribution in [0.2, 0.25) is 0 Å². The van der Waals surface area contributed by atoms with Crippen molar-refractivity contribution >= 4 is 5.57 Å². The number of rotatable bonds is 2. The SMILES string of the molecule is CC(C)(C)C(=[C-]C1CCCCC1)c1[c-]cccc1.[Y]. The van der Waals surface area contributed by atoms with Crippen LogP contribution in [0.3, 0.4) is 0 Å². The van der Waals surface area contributed by atoms with Gasteiger partial charge in [-0.3, -0.25) is 5.57 Å². The molecule has 0 aromatic heterocycles. The van der Waals surface area contributed by atoms with Gasteiger partial charge in [0.1, 0.15) is 0 Å². The maximum absolute atomic E-state index is 3.80. The van der Waals surface area contributed by atoms with E-state index in [0.717, 1.165) is 0 Å². The van der Waals surface area contributed by atoms with Crippen molar-refractivity contribution < 1.29 is 32.7 Å². The van der Waals surface area contributed by atoms with E-state index in [0.29, 0.717) is 5.92 Å². The summed E-state index contributed by atoms with van der Waals surface area (Å²) >= 11 is 0. The van der Waals surface area contributed by atoms with Crippen LogP contribution in [-0.2, 0) is 32.7 Å². The Balaban J connectivity index is 0.00000180. The second-order valence-electron chi connectivity index (χ2n) is 6.38. The van der Waals surface area contributed by atoms with Gasteiger partial charge in [0, 0.05) is 32.7 Å². The van der Waals surface area contributed by atoms with Gasteiger partial charge in [-0.15, -0.1) is 12.0 Å². The molecule has 2 rings (SSSR count). The van der Waals surface area contributed by atoms with Crippen LogP contribution in [-0.4, -0.2) is 0 Å². The average molecular weight is 329 g/mol. The molecule has 0 saturated heterocycles. The second kappa shape index (κ2) is 7.74. The molecule has 1 aliphatic carbocycles. The minimum atomic E-state index is 0. The third-order valence-electron chi connectivity index (χ3n) is 3.68. The standard InChI is InChI=1S/C18H24.Y/c1-18(2,3)17(16-12-8-5-9-13-16)14-15-10-6-4-7-11-15;/h5,8-9,12,15H,4,6-7,10-11H2,1-3H3;/q-2;. The van der Waals surface area contributed by atoms with Gasteiger partial charge in [0.15, 0.2) is 0 Å². The molecule has 0 unspecified atom stereocenters. The van der Waals surface area contributed by atoms with Crippen LogP contribution in [0.15, 0.2) is 24.3 Å². The largest absolute Gasteiger partial charge is 0.319 e. The Hall–Kier alpha value is 0.0639. The third-order valence-corrected chi connectivity index (χ3v) is 3.68. The summed E-state index contributed by atoms with van der Waals surface area (Å²) in [4.78, 5) is 0. The average Bonchev–Trinajstić information content (AvgIpc) is 2.37. The van der Waals surface area contributed by atoms with E-state index in [1.807, 2.05) is 12.1 Å². The zero-order valence-electron chi connectivity index (χ0n) is 12.5. The fourth-order valence-corrected chi connectivity index (χ4v) is 2.70. The summed E-state index contributed by atoms with van der Waals surface area (Å²) in [5.41, 5.74) is 2.71. The zero-order chi connectivity index (χ0) is 13.0. The van der Waals surface area contributed by atoms with E-state index >= 15 is 0 Å². The van der Waals surface area contributed by atoms with Crippen LogP contribution in [0.5, 0.6) is 0 Å². The van der Waals surface area contributed by atoms with Gasteiger partial charge in [-0.1, -0.05) is 58.3 Å². The molecule has 0 N–H and O–H groups in total. The van der Waals surface area contributed by atoms with Crippen molar-refractivity contribution in [2.24, 2.45) is 11.3 Å². The number of hydrogen-bond acceptors (Lipinski definition) is 0. The smallest absolute Gasteiger partial charge is 0 e. The van der Waals surface area contributed by atoms with Gasteiger partial charge in [-0.05, 0) is 0 Å². The monoisotopic (exact) mass is 329 g/mol. The summed E-state index contributed by atoms with van der Waals surface area (Å²) in [5.74, 6) is 0.654. The number of allylic oxidation sites excluding steroid dienone is 2. The summed E-state index contributed by atoms with van der Waals surface area (Å²) in [6, 6.07) is 11.7.